The first-order valence-electron chi connectivity index (χ1n) is 10.2. The van der Waals surface area contributed by atoms with Gasteiger partial charge in [0.25, 0.3) is 0 Å². The van der Waals surface area contributed by atoms with E-state index in [4.69, 9.17) is 4.74 Å². The van der Waals surface area contributed by atoms with Crippen LogP contribution in [0.1, 0.15) is 50.6 Å². The van der Waals surface area contributed by atoms with Crippen LogP contribution in [0.15, 0.2) is 46.9 Å². The van der Waals surface area contributed by atoms with Crippen LogP contribution in [0.4, 0.5) is 5.69 Å². The van der Waals surface area contributed by atoms with Gasteiger partial charge in [0, 0.05) is 18.2 Å². The van der Waals surface area contributed by atoms with Crippen molar-refractivity contribution in [2.75, 3.05) is 10.7 Å². The van der Waals surface area contributed by atoms with E-state index in [2.05, 4.69) is 22.1 Å². The largest absolute Gasteiger partial charge is 0.446 e. The average Bonchev–Trinajstić information content (AvgIpc) is 3.24. The topological polar surface area (TPSA) is 68.2 Å². The smallest absolute Gasteiger partial charge is 0.247 e. The van der Waals surface area contributed by atoms with E-state index in [9.17, 15) is 4.79 Å². The van der Waals surface area contributed by atoms with Crippen LogP contribution in [0.3, 0.4) is 0 Å². The molecule has 8 heteroatoms. The van der Waals surface area contributed by atoms with Gasteiger partial charge in [0.15, 0.2) is 5.69 Å². The summed E-state index contributed by atoms with van der Waals surface area (Å²) >= 11 is 3.14. The predicted octanol–water partition coefficient (Wildman–Crippen LogP) is 5.72. The Hall–Kier alpha value is -2.45. The maximum atomic E-state index is 12.7. The van der Waals surface area contributed by atoms with Crippen LogP contribution in [0.2, 0.25) is 0 Å². The molecule has 0 saturated heterocycles. The van der Waals surface area contributed by atoms with Gasteiger partial charge in [-0.1, -0.05) is 62.2 Å². The Morgan fingerprint density at radius 3 is 2.80 bits per heavy atom. The molecule has 1 aromatic carbocycles. The van der Waals surface area contributed by atoms with Gasteiger partial charge in [-0.25, -0.2) is 0 Å². The van der Waals surface area contributed by atoms with Crippen molar-refractivity contribution in [1.29, 1.82) is 0 Å². The van der Waals surface area contributed by atoms with Gasteiger partial charge in [-0.15, -0.1) is 21.5 Å². The number of aromatic nitrogens is 3. The maximum Gasteiger partial charge on any atom is 0.247 e. The van der Waals surface area contributed by atoms with E-state index in [-0.39, 0.29) is 5.91 Å². The lowest BCUT2D eigenvalue weighted by Crippen LogP contribution is -2.35. The number of benzene rings is 1. The van der Waals surface area contributed by atoms with Gasteiger partial charge in [-0.3, -0.25) is 9.69 Å². The van der Waals surface area contributed by atoms with Gasteiger partial charge >= 0.3 is 0 Å². The Morgan fingerprint density at radius 1 is 1.17 bits per heavy atom. The van der Waals surface area contributed by atoms with E-state index in [1.165, 1.54) is 19.3 Å². The molecule has 3 aromatic rings. The summed E-state index contributed by atoms with van der Waals surface area (Å²) in [7, 11) is 0. The number of hydrogen-bond donors (Lipinski definition) is 0. The van der Waals surface area contributed by atoms with Crippen molar-refractivity contribution in [2.45, 2.75) is 50.9 Å². The number of thioether (sulfide) groups is 1. The fourth-order valence-electron chi connectivity index (χ4n) is 3.42. The van der Waals surface area contributed by atoms with Gasteiger partial charge < -0.3 is 4.74 Å². The first-order valence-corrected chi connectivity index (χ1v) is 12.0. The fraction of sp³-hybridized carbons (Fsp3) is 0.364. The normalized spacial score (nSPS) is 15.1. The molecule has 0 bridgehead atoms. The second kappa shape index (κ2) is 9.57. The summed E-state index contributed by atoms with van der Waals surface area (Å²) in [5.74, 6) is 1.26. The lowest BCUT2D eigenvalue weighted by Gasteiger charge is -2.28. The van der Waals surface area contributed by atoms with Gasteiger partial charge in [-0.2, -0.15) is 4.98 Å². The number of amides is 1. The van der Waals surface area contributed by atoms with Crippen molar-refractivity contribution in [2.24, 2.45) is 0 Å². The summed E-state index contributed by atoms with van der Waals surface area (Å²) in [5, 5.41) is 11.4. The number of carbonyl (C=O) groups excluding carboxylic acids is 1. The number of hydrogen-bond acceptors (Lipinski definition) is 7. The summed E-state index contributed by atoms with van der Waals surface area (Å²) in [5.41, 5.74) is 2.10. The summed E-state index contributed by atoms with van der Waals surface area (Å²) < 4.78 is 6.33. The summed E-state index contributed by atoms with van der Waals surface area (Å²) in [6.45, 7) is 3.75. The van der Waals surface area contributed by atoms with Crippen LogP contribution in [-0.2, 0) is 4.79 Å². The molecule has 1 aliphatic heterocycles. The minimum Gasteiger partial charge on any atom is -0.446 e. The minimum absolute atomic E-state index is 0.105. The zero-order valence-corrected chi connectivity index (χ0v) is 18.7. The van der Waals surface area contributed by atoms with Crippen LogP contribution < -0.4 is 9.64 Å². The molecule has 0 radical (unpaired) electrons. The zero-order valence-electron chi connectivity index (χ0n) is 17.1. The first-order chi connectivity index (χ1) is 14.7. The third-order valence-electron chi connectivity index (χ3n) is 4.87. The predicted molar refractivity (Wildman–Crippen MR) is 121 cm³/mol. The second-order valence-corrected chi connectivity index (χ2v) is 9.09. The average molecular weight is 441 g/mol. The van der Waals surface area contributed by atoms with E-state index < -0.39 is 6.23 Å². The van der Waals surface area contributed by atoms with E-state index in [1.807, 2.05) is 41.8 Å². The molecule has 156 valence electrons. The number of thiophene rings is 1. The van der Waals surface area contributed by atoms with Crippen molar-refractivity contribution in [3.63, 3.8) is 0 Å². The summed E-state index contributed by atoms with van der Waals surface area (Å²) in [6.07, 6.45) is 4.20. The SMILES string of the molecule is CCCCCCSc1nnc2c(n1)O[C@@H](c1cccs1)N(C(C)=O)c1ccccc1-2. The van der Waals surface area contributed by atoms with E-state index >= 15 is 0 Å². The third-order valence-corrected chi connectivity index (χ3v) is 6.69. The van der Waals surface area contributed by atoms with Crippen molar-refractivity contribution in [3.05, 3.63) is 46.7 Å². The van der Waals surface area contributed by atoms with Crippen molar-refractivity contribution in [1.82, 2.24) is 15.2 Å². The van der Waals surface area contributed by atoms with Crippen LogP contribution in [-0.4, -0.2) is 26.8 Å². The third kappa shape index (κ3) is 4.34. The van der Waals surface area contributed by atoms with Crippen LogP contribution in [0.5, 0.6) is 5.88 Å². The van der Waals surface area contributed by atoms with Crippen molar-refractivity contribution in [3.8, 4) is 17.1 Å². The van der Waals surface area contributed by atoms with Gasteiger partial charge in [-0.05, 0) is 23.9 Å². The summed E-state index contributed by atoms with van der Waals surface area (Å²) in [4.78, 5) is 19.9. The van der Waals surface area contributed by atoms with Crippen LogP contribution in [0.25, 0.3) is 11.3 Å². The quantitative estimate of drug-likeness (QED) is 0.346. The molecule has 0 fully saturated rings. The molecule has 2 aromatic heterocycles. The Kier molecular flexibility index (Phi) is 6.64. The molecule has 0 N–H and O–H groups in total. The molecule has 6 nitrogen and oxygen atoms in total. The molecular weight excluding hydrogens is 416 g/mol. The number of fused-ring (bicyclic) bond motifs is 3. The fourth-order valence-corrected chi connectivity index (χ4v) is 4.94. The van der Waals surface area contributed by atoms with E-state index in [0.717, 1.165) is 28.3 Å². The molecule has 0 aliphatic carbocycles. The Bertz CT molecular complexity index is 1010. The van der Waals surface area contributed by atoms with Gasteiger partial charge in [0.2, 0.25) is 23.2 Å². The number of anilines is 1. The molecule has 4 rings (SSSR count). The summed E-state index contributed by atoms with van der Waals surface area (Å²) in [6, 6.07) is 11.6. The molecule has 0 spiro atoms. The van der Waals surface area contributed by atoms with Gasteiger partial charge in [0.05, 0.1) is 10.6 Å². The molecule has 30 heavy (non-hydrogen) atoms. The second-order valence-electron chi connectivity index (χ2n) is 7.05. The number of unbranched alkanes of at least 4 members (excludes halogenated alkanes) is 3. The van der Waals surface area contributed by atoms with E-state index in [0.29, 0.717) is 16.7 Å². The van der Waals surface area contributed by atoms with E-state index in [1.54, 1.807) is 34.9 Å². The van der Waals surface area contributed by atoms with Crippen LogP contribution >= 0.6 is 23.1 Å². The number of para-hydroxylation sites is 1. The lowest BCUT2D eigenvalue weighted by atomic mass is 10.1. The number of nitrogens with zero attached hydrogens (tertiary/aromatic N) is 4. The first kappa shape index (κ1) is 20.8. The molecule has 1 aliphatic rings. The lowest BCUT2D eigenvalue weighted by molar-refractivity contribution is -0.118. The monoisotopic (exact) mass is 440 g/mol. The standard InChI is InChI=1S/C22H24N4O2S2/c1-3-4-5-8-13-30-22-23-20-19(24-25-22)16-10-6-7-11-17(16)26(15(2)27)21(28-20)18-12-9-14-29-18/h6-7,9-12,14,21H,3-5,8,13H2,1-2H3/t21-/m0/s1. The van der Waals surface area contributed by atoms with Crippen LogP contribution in [0, 0.1) is 0 Å². The molecule has 1 amide bonds. The maximum absolute atomic E-state index is 12.7. The highest BCUT2D eigenvalue weighted by atomic mass is 32.2. The Morgan fingerprint density at radius 2 is 2.03 bits per heavy atom. The molecule has 3 heterocycles. The molecule has 0 saturated carbocycles. The highest BCUT2D eigenvalue weighted by Crippen LogP contribution is 2.44. The zero-order chi connectivity index (χ0) is 20.9. The Balaban J connectivity index is 1.71. The highest BCUT2D eigenvalue weighted by Gasteiger charge is 2.34. The highest BCUT2D eigenvalue weighted by molar-refractivity contribution is 7.99. The molecular formula is C22H24N4O2S2. The molecule has 1 atom stereocenters. The molecule has 0 unspecified atom stereocenters. The Labute approximate surface area is 184 Å². The number of rotatable bonds is 7. The minimum atomic E-state index is -0.594. The van der Waals surface area contributed by atoms with Crippen molar-refractivity contribution < 1.29 is 9.53 Å². The van der Waals surface area contributed by atoms with Crippen molar-refractivity contribution >= 4 is 34.7 Å². The number of ether oxygens (including phenoxy) is 1. The van der Waals surface area contributed by atoms with Gasteiger partial charge in [0.1, 0.15) is 0 Å². The number of carbonyl (C=O) groups is 1.